The first-order valence-electron chi connectivity index (χ1n) is 13.4. The molecule has 0 bridgehead atoms. The fourth-order valence-corrected chi connectivity index (χ4v) is 4.49. The van der Waals surface area contributed by atoms with Crippen LogP contribution in [-0.2, 0) is 6.42 Å². The minimum Gasteiger partial charge on any atom is -1.00 e. The number of aryl methyl sites for hydroxylation is 1. The van der Waals surface area contributed by atoms with E-state index in [9.17, 15) is 10.2 Å². The number of nitrogens with two attached hydrogens (primary N) is 1. The second-order valence-electron chi connectivity index (χ2n) is 9.72. The summed E-state index contributed by atoms with van der Waals surface area (Å²) < 4.78 is 0. The molecule has 0 aliphatic rings. The van der Waals surface area contributed by atoms with Gasteiger partial charge >= 0.3 is 0 Å². The summed E-state index contributed by atoms with van der Waals surface area (Å²) in [6.45, 7) is 5.09. The summed E-state index contributed by atoms with van der Waals surface area (Å²) in [4.78, 5) is 0. The Kier molecular flexibility index (Phi) is 17.0. The molecule has 34 heavy (non-hydrogen) atoms. The maximum Gasteiger partial charge on any atom is 0.130 e. The number of aliphatic hydroxyl groups is 2. The van der Waals surface area contributed by atoms with Gasteiger partial charge in [0, 0.05) is 6.42 Å². The van der Waals surface area contributed by atoms with Gasteiger partial charge < -0.3 is 27.9 Å². The third kappa shape index (κ3) is 12.4. The third-order valence-corrected chi connectivity index (χ3v) is 6.80. The van der Waals surface area contributed by atoms with Crippen LogP contribution in [0.15, 0.2) is 54.6 Å². The fourth-order valence-electron chi connectivity index (χ4n) is 4.49. The Morgan fingerprint density at radius 1 is 0.706 bits per heavy atom. The molecule has 2 aromatic carbocycles. The molecule has 192 valence electrons. The van der Waals surface area contributed by atoms with E-state index in [0.29, 0.717) is 6.42 Å². The van der Waals surface area contributed by atoms with Crippen molar-refractivity contribution in [3.05, 3.63) is 71.3 Å². The average Bonchev–Trinajstić information content (AvgIpc) is 2.85. The normalized spacial score (nSPS) is 13.8. The SMILES string of the molecule is CCCCCCCCCCCCc1ccc(C(O)CC[NH2+]C(C)C(O)c2ccccc2)cc1.[Cl-]. The van der Waals surface area contributed by atoms with Crippen molar-refractivity contribution in [2.24, 2.45) is 0 Å². The Balaban J connectivity index is 0.00000578. The molecule has 0 fully saturated rings. The monoisotopic (exact) mass is 489 g/mol. The second-order valence-corrected chi connectivity index (χ2v) is 9.72. The summed E-state index contributed by atoms with van der Waals surface area (Å²) in [5, 5.41) is 23.2. The molecular weight excluding hydrogens is 442 g/mol. The summed E-state index contributed by atoms with van der Waals surface area (Å²) in [6, 6.07) is 18.4. The lowest BCUT2D eigenvalue weighted by Gasteiger charge is -2.19. The number of quaternary nitrogens is 1. The van der Waals surface area contributed by atoms with Gasteiger partial charge in [-0.05, 0) is 36.5 Å². The molecule has 0 aliphatic carbocycles. The Morgan fingerprint density at radius 3 is 1.85 bits per heavy atom. The molecule has 0 aromatic heterocycles. The van der Waals surface area contributed by atoms with E-state index in [1.807, 2.05) is 37.3 Å². The third-order valence-electron chi connectivity index (χ3n) is 6.80. The van der Waals surface area contributed by atoms with Gasteiger partial charge in [-0.1, -0.05) is 119 Å². The number of aliphatic hydroxyl groups excluding tert-OH is 2. The molecular formula is C30H48ClNO2. The molecule has 0 radical (unpaired) electrons. The van der Waals surface area contributed by atoms with Crippen molar-refractivity contribution in [2.75, 3.05) is 6.54 Å². The minimum absolute atomic E-state index is 0. The molecule has 0 saturated carbocycles. The Labute approximate surface area is 214 Å². The molecule has 3 unspecified atom stereocenters. The average molecular weight is 490 g/mol. The van der Waals surface area contributed by atoms with Gasteiger partial charge in [-0.25, -0.2) is 0 Å². The van der Waals surface area contributed by atoms with Crippen LogP contribution < -0.4 is 17.7 Å². The summed E-state index contributed by atoms with van der Waals surface area (Å²) in [5.74, 6) is 0. The zero-order valence-corrected chi connectivity index (χ0v) is 22.2. The van der Waals surface area contributed by atoms with Crippen LogP contribution in [0.4, 0.5) is 0 Å². The van der Waals surface area contributed by atoms with Gasteiger partial charge in [-0.2, -0.15) is 0 Å². The van der Waals surface area contributed by atoms with Crippen molar-refractivity contribution in [3.8, 4) is 0 Å². The van der Waals surface area contributed by atoms with Crippen LogP contribution in [0.25, 0.3) is 0 Å². The van der Waals surface area contributed by atoms with Gasteiger partial charge in [-0.15, -0.1) is 0 Å². The van der Waals surface area contributed by atoms with E-state index in [0.717, 1.165) is 24.1 Å². The highest BCUT2D eigenvalue weighted by Crippen LogP contribution is 2.19. The molecule has 2 rings (SSSR count). The smallest absolute Gasteiger partial charge is 0.130 e. The maximum atomic E-state index is 10.6. The topological polar surface area (TPSA) is 57.1 Å². The van der Waals surface area contributed by atoms with Gasteiger partial charge in [0.1, 0.15) is 12.1 Å². The molecule has 0 saturated heterocycles. The Morgan fingerprint density at radius 2 is 1.26 bits per heavy atom. The lowest BCUT2D eigenvalue weighted by Crippen LogP contribution is -3.00. The molecule has 0 aliphatic heterocycles. The van der Waals surface area contributed by atoms with Gasteiger partial charge in [0.15, 0.2) is 0 Å². The largest absolute Gasteiger partial charge is 1.00 e. The molecule has 3 atom stereocenters. The van der Waals surface area contributed by atoms with Crippen LogP contribution in [0.5, 0.6) is 0 Å². The number of rotatable bonds is 18. The molecule has 0 heterocycles. The second kappa shape index (κ2) is 18.9. The molecule has 4 N–H and O–H groups in total. The van der Waals surface area contributed by atoms with Crippen molar-refractivity contribution >= 4 is 0 Å². The van der Waals surface area contributed by atoms with Crippen molar-refractivity contribution in [3.63, 3.8) is 0 Å². The lowest BCUT2D eigenvalue weighted by molar-refractivity contribution is -0.695. The van der Waals surface area contributed by atoms with Crippen LogP contribution in [0.1, 0.15) is 113 Å². The maximum absolute atomic E-state index is 10.6. The Hall–Kier alpha value is -1.39. The number of hydrogen-bond donors (Lipinski definition) is 3. The number of unbranched alkanes of at least 4 members (excludes halogenated alkanes) is 9. The highest BCUT2D eigenvalue weighted by Gasteiger charge is 2.19. The van der Waals surface area contributed by atoms with E-state index in [2.05, 4.69) is 36.5 Å². The van der Waals surface area contributed by atoms with Gasteiger partial charge in [-0.3, -0.25) is 0 Å². The van der Waals surface area contributed by atoms with Crippen LogP contribution in [0, 0.1) is 0 Å². The quantitative estimate of drug-likeness (QED) is 0.281. The van der Waals surface area contributed by atoms with E-state index < -0.39 is 12.2 Å². The van der Waals surface area contributed by atoms with Crippen molar-refractivity contribution in [1.29, 1.82) is 0 Å². The lowest BCUT2D eigenvalue weighted by atomic mass is 10.0. The Bertz CT molecular complexity index is 722. The number of halogens is 1. The first-order valence-corrected chi connectivity index (χ1v) is 13.4. The minimum atomic E-state index is -0.492. The van der Waals surface area contributed by atoms with Crippen LogP contribution in [-0.4, -0.2) is 22.8 Å². The predicted molar refractivity (Wildman–Crippen MR) is 139 cm³/mol. The molecule has 2 aromatic rings. The predicted octanol–water partition coefficient (Wildman–Crippen LogP) is 3.26. The van der Waals surface area contributed by atoms with Gasteiger partial charge in [0.25, 0.3) is 0 Å². The fraction of sp³-hybridized carbons (Fsp3) is 0.600. The molecule has 0 spiro atoms. The van der Waals surface area contributed by atoms with E-state index in [1.54, 1.807) is 0 Å². The van der Waals surface area contributed by atoms with Crippen molar-refractivity contribution < 1.29 is 27.9 Å². The molecule has 4 heteroatoms. The van der Waals surface area contributed by atoms with E-state index in [-0.39, 0.29) is 18.4 Å². The van der Waals surface area contributed by atoms with Gasteiger partial charge in [0.05, 0.1) is 12.6 Å². The zero-order valence-electron chi connectivity index (χ0n) is 21.5. The standard InChI is InChI=1S/C30H47NO2.ClH/c1-3-4-5-6-7-8-9-10-11-13-16-26-19-21-27(22-20-26)29(32)23-24-31-25(2)30(33)28-17-14-12-15-18-28;/h12,14-15,17-22,25,29-33H,3-11,13,16,23-24H2,1-2H3;1H. The van der Waals surface area contributed by atoms with Crippen molar-refractivity contribution in [2.45, 2.75) is 109 Å². The van der Waals surface area contributed by atoms with Crippen LogP contribution in [0.3, 0.4) is 0 Å². The highest BCUT2D eigenvalue weighted by molar-refractivity contribution is 5.24. The van der Waals surface area contributed by atoms with E-state index in [1.165, 1.54) is 69.8 Å². The summed E-state index contributed by atoms with van der Waals surface area (Å²) in [6.07, 6.45) is 14.6. The van der Waals surface area contributed by atoms with Crippen LogP contribution in [0.2, 0.25) is 0 Å². The van der Waals surface area contributed by atoms with Gasteiger partial charge in [0.2, 0.25) is 0 Å². The summed E-state index contributed by atoms with van der Waals surface area (Å²) >= 11 is 0. The zero-order chi connectivity index (χ0) is 23.7. The number of hydrogen-bond acceptors (Lipinski definition) is 2. The van der Waals surface area contributed by atoms with Crippen molar-refractivity contribution in [1.82, 2.24) is 0 Å². The summed E-state index contributed by atoms with van der Waals surface area (Å²) in [5.41, 5.74) is 3.31. The van der Waals surface area contributed by atoms with Crippen LogP contribution >= 0.6 is 0 Å². The van der Waals surface area contributed by atoms with E-state index in [4.69, 9.17) is 0 Å². The first-order chi connectivity index (χ1) is 16.1. The first kappa shape index (κ1) is 30.6. The van der Waals surface area contributed by atoms with E-state index >= 15 is 0 Å². The number of benzene rings is 2. The summed E-state index contributed by atoms with van der Waals surface area (Å²) in [7, 11) is 0. The highest BCUT2D eigenvalue weighted by atomic mass is 35.5. The molecule has 3 nitrogen and oxygen atoms in total. The molecule has 0 amide bonds.